The molecule has 28 heavy (non-hydrogen) atoms. The number of nitrogens with zero attached hydrogens (tertiary/aromatic N) is 1. The van der Waals surface area contributed by atoms with Crippen LogP contribution in [-0.2, 0) is 0 Å². The fourth-order valence-electron chi connectivity index (χ4n) is 3.43. The predicted molar refractivity (Wildman–Crippen MR) is 113 cm³/mol. The molecule has 1 aliphatic rings. The third-order valence-corrected chi connectivity index (χ3v) is 5.92. The molecule has 0 aliphatic carbocycles. The number of aromatic amines is 1. The summed E-state index contributed by atoms with van der Waals surface area (Å²) in [7, 11) is 0. The number of aromatic nitrogens is 2. The van der Waals surface area contributed by atoms with E-state index < -0.39 is 6.09 Å². The summed E-state index contributed by atoms with van der Waals surface area (Å²) in [6, 6.07) is 9.99. The van der Waals surface area contributed by atoms with Crippen LogP contribution in [0, 0.1) is 0 Å². The average Bonchev–Trinajstić information content (AvgIpc) is 3.18. The number of carbonyl (C=O) groups is 1. The van der Waals surface area contributed by atoms with Gasteiger partial charge in [0.15, 0.2) is 0 Å². The van der Waals surface area contributed by atoms with Crippen molar-refractivity contribution in [3.63, 3.8) is 0 Å². The van der Waals surface area contributed by atoms with Gasteiger partial charge in [0, 0.05) is 16.6 Å². The van der Waals surface area contributed by atoms with E-state index in [2.05, 4.69) is 31.2 Å². The Labute approximate surface area is 172 Å². The molecule has 2 aromatic carbocycles. The molecule has 1 amide bonds. The van der Waals surface area contributed by atoms with E-state index in [4.69, 9.17) is 15.2 Å². The van der Waals surface area contributed by atoms with Crippen LogP contribution < -0.4 is 20.5 Å². The van der Waals surface area contributed by atoms with E-state index in [-0.39, 0.29) is 5.19 Å². The highest BCUT2D eigenvalue weighted by Crippen LogP contribution is 2.43. The van der Waals surface area contributed by atoms with E-state index in [9.17, 15) is 4.79 Å². The molecule has 4 N–H and O–H groups in total. The minimum absolute atomic E-state index is 0.240. The van der Waals surface area contributed by atoms with Gasteiger partial charge < -0.3 is 25.5 Å². The summed E-state index contributed by atoms with van der Waals surface area (Å²) < 4.78 is 12.8. The number of thiazole rings is 1. The Hall–Kier alpha value is -2.78. The lowest BCUT2D eigenvalue weighted by atomic mass is 10.1. The van der Waals surface area contributed by atoms with Crippen LogP contribution in [0.15, 0.2) is 34.8 Å². The molecule has 9 heteroatoms. The van der Waals surface area contributed by atoms with E-state index in [1.54, 1.807) is 0 Å². The molecule has 0 saturated heterocycles. The molecule has 0 saturated carbocycles. The number of H-pyrrole nitrogens is 1. The number of nitrogens with two attached hydrogens (primary N) is 1. The summed E-state index contributed by atoms with van der Waals surface area (Å²) >= 11 is 4.84. The van der Waals surface area contributed by atoms with E-state index in [1.807, 2.05) is 30.3 Å². The number of halogens is 1. The van der Waals surface area contributed by atoms with Gasteiger partial charge in [0.05, 0.1) is 39.1 Å². The fraction of sp³-hybridized carbons (Fsp3) is 0.158. The third-order valence-electron chi connectivity index (χ3n) is 4.55. The first-order chi connectivity index (χ1) is 13.6. The van der Waals surface area contributed by atoms with E-state index in [1.165, 1.54) is 11.3 Å². The molecule has 1 aliphatic heterocycles. The van der Waals surface area contributed by atoms with Gasteiger partial charge in [-0.15, -0.1) is 0 Å². The van der Waals surface area contributed by atoms with Gasteiger partial charge in [0.25, 0.3) is 5.19 Å². The van der Waals surface area contributed by atoms with Crippen molar-refractivity contribution in [2.75, 3.05) is 18.5 Å². The molecule has 142 valence electrons. The molecule has 3 heterocycles. The number of fused-ring (bicyclic) bond motifs is 1. The highest BCUT2D eigenvalue weighted by Gasteiger charge is 2.20. The highest BCUT2D eigenvalue weighted by molar-refractivity contribution is 9.10. The molecule has 0 atom stereocenters. The number of benzene rings is 2. The van der Waals surface area contributed by atoms with Crippen molar-refractivity contribution >= 4 is 60.2 Å². The Morgan fingerprint density at radius 3 is 3.07 bits per heavy atom. The summed E-state index contributed by atoms with van der Waals surface area (Å²) in [5.41, 5.74) is 9.77. The Morgan fingerprint density at radius 2 is 2.21 bits per heavy atom. The van der Waals surface area contributed by atoms with Crippen molar-refractivity contribution in [2.45, 2.75) is 6.42 Å². The van der Waals surface area contributed by atoms with E-state index >= 15 is 0 Å². The second-order valence-corrected chi connectivity index (χ2v) is 8.32. The number of hydrogen-bond donors (Lipinski definition) is 3. The molecule has 0 unspecified atom stereocenters. The zero-order valence-corrected chi connectivity index (χ0v) is 16.9. The predicted octanol–water partition coefficient (Wildman–Crippen LogP) is 4.86. The van der Waals surface area contributed by atoms with Crippen molar-refractivity contribution < 1.29 is 14.3 Å². The Kier molecular flexibility index (Phi) is 4.13. The number of hydrogen-bond acceptors (Lipinski definition) is 6. The van der Waals surface area contributed by atoms with Gasteiger partial charge in [0.2, 0.25) is 0 Å². The smallest absolute Gasteiger partial charge is 0.411 e. The number of primary amides is 1. The molecule has 2 aromatic heterocycles. The van der Waals surface area contributed by atoms with Crippen molar-refractivity contribution in [2.24, 2.45) is 5.73 Å². The van der Waals surface area contributed by atoms with Crippen LogP contribution in [0.3, 0.4) is 0 Å². The Bertz CT molecular complexity index is 1230. The van der Waals surface area contributed by atoms with Crippen LogP contribution in [0.25, 0.3) is 32.4 Å². The molecule has 0 spiro atoms. The number of anilines is 1. The van der Waals surface area contributed by atoms with Crippen molar-refractivity contribution in [3.05, 3.63) is 34.8 Å². The minimum atomic E-state index is -0.867. The first-order valence-electron chi connectivity index (χ1n) is 8.68. The Morgan fingerprint density at radius 1 is 1.32 bits per heavy atom. The van der Waals surface area contributed by atoms with Crippen LogP contribution in [0.4, 0.5) is 10.5 Å². The van der Waals surface area contributed by atoms with Crippen LogP contribution in [-0.4, -0.2) is 29.2 Å². The first kappa shape index (κ1) is 17.3. The lowest BCUT2D eigenvalue weighted by Gasteiger charge is -2.15. The molecule has 4 aromatic rings. The van der Waals surface area contributed by atoms with Crippen LogP contribution in [0.5, 0.6) is 10.9 Å². The number of nitrogens with one attached hydrogen (secondary N) is 2. The SMILES string of the molecule is NC(=O)Oc1nc2cc(-c3[nH]c4cc(Br)cc5c4c3NCCCO5)ccc2s1. The summed E-state index contributed by atoms with van der Waals surface area (Å²) in [5, 5.41) is 4.82. The van der Waals surface area contributed by atoms with Crippen molar-refractivity contribution in [1.82, 2.24) is 9.97 Å². The van der Waals surface area contributed by atoms with Gasteiger partial charge in [-0.2, -0.15) is 0 Å². The quantitative estimate of drug-likeness (QED) is 0.398. The number of amides is 1. The van der Waals surface area contributed by atoms with Crippen molar-refractivity contribution in [1.29, 1.82) is 0 Å². The number of ether oxygens (including phenoxy) is 2. The Balaban J connectivity index is 1.68. The molecule has 7 nitrogen and oxygen atoms in total. The topological polar surface area (TPSA) is 102 Å². The normalized spacial score (nSPS) is 13.6. The molecule has 5 rings (SSSR count). The largest absolute Gasteiger partial charge is 0.493 e. The number of rotatable bonds is 2. The fourth-order valence-corrected chi connectivity index (χ4v) is 4.66. The lowest BCUT2D eigenvalue weighted by Crippen LogP contribution is -2.15. The maximum Gasteiger partial charge on any atom is 0.411 e. The average molecular weight is 459 g/mol. The highest BCUT2D eigenvalue weighted by atomic mass is 79.9. The second kappa shape index (κ2) is 6.68. The zero-order chi connectivity index (χ0) is 19.3. The van der Waals surface area contributed by atoms with Gasteiger partial charge in [-0.3, -0.25) is 0 Å². The van der Waals surface area contributed by atoms with Gasteiger partial charge in [-0.1, -0.05) is 33.3 Å². The zero-order valence-electron chi connectivity index (χ0n) is 14.5. The van der Waals surface area contributed by atoms with E-state index in [0.717, 1.165) is 61.3 Å². The van der Waals surface area contributed by atoms with Gasteiger partial charge in [-0.05, 0) is 30.7 Å². The molecule has 0 bridgehead atoms. The first-order valence-corrected chi connectivity index (χ1v) is 10.3. The van der Waals surface area contributed by atoms with Gasteiger partial charge in [-0.25, -0.2) is 9.78 Å². The third kappa shape index (κ3) is 2.96. The molecular formula is C19H15BrN4O3S. The maximum absolute atomic E-state index is 11.0. The standard InChI is InChI=1S/C19H15BrN4O3S/c20-10-7-12-15-13(8-10)26-5-1-4-22-17(15)16(23-12)9-2-3-14-11(6-9)24-19(28-14)27-18(21)25/h2-3,6-8,22-23H,1,4-5H2,(H2,21,25). The maximum atomic E-state index is 11.0. The molecule has 0 fully saturated rings. The van der Waals surface area contributed by atoms with E-state index in [0.29, 0.717) is 6.61 Å². The van der Waals surface area contributed by atoms with Gasteiger partial charge >= 0.3 is 6.09 Å². The summed E-state index contributed by atoms with van der Waals surface area (Å²) in [5.74, 6) is 0.848. The van der Waals surface area contributed by atoms with Crippen molar-refractivity contribution in [3.8, 4) is 22.2 Å². The van der Waals surface area contributed by atoms with Crippen LogP contribution in [0.1, 0.15) is 6.42 Å². The summed E-state index contributed by atoms with van der Waals surface area (Å²) in [6.07, 6.45) is 0.0470. The summed E-state index contributed by atoms with van der Waals surface area (Å²) in [6.45, 7) is 1.50. The molecular weight excluding hydrogens is 444 g/mol. The van der Waals surface area contributed by atoms with Crippen LogP contribution in [0.2, 0.25) is 0 Å². The molecule has 0 radical (unpaired) electrons. The minimum Gasteiger partial charge on any atom is -0.493 e. The lowest BCUT2D eigenvalue weighted by molar-refractivity contribution is 0.211. The van der Waals surface area contributed by atoms with Gasteiger partial charge in [0.1, 0.15) is 5.75 Å². The van der Waals surface area contributed by atoms with Crippen LogP contribution >= 0.6 is 27.3 Å². The monoisotopic (exact) mass is 458 g/mol. The second-order valence-electron chi connectivity index (χ2n) is 6.41. The summed E-state index contributed by atoms with van der Waals surface area (Å²) in [4.78, 5) is 18.8. The number of carbonyl (C=O) groups excluding carboxylic acids is 1.